The van der Waals surface area contributed by atoms with Gasteiger partial charge in [-0.15, -0.1) is 0 Å². The van der Waals surface area contributed by atoms with Crippen molar-refractivity contribution in [3.05, 3.63) is 29.3 Å². The first-order chi connectivity index (χ1) is 9.02. The molecule has 1 unspecified atom stereocenters. The molecule has 0 saturated carbocycles. The molecule has 0 bridgehead atoms. The van der Waals surface area contributed by atoms with Gasteiger partial charge in [-0.2, -0.15) is 0 Å². The fourth-order valence-electron chi connectivity index (χ4n) is 2.85. The van der Waals surface area contributed by atoms with E-state index in [-0.39, 0.29) is 0 Å². The first-order valence-electron chi connectivity index (χ1n) is 6.92. The third-order valence-electron chi connectivity index (χ3n) is 3.99. The van der Waals surface area contributed by atoms with Crippen LogP contribution < -0.4 is 10.6 Å². The molecule has 1 aromatic rings. The Labute approximate surface area is 121 Å². The summed E-state index contributed by atoms with van der Waals surface area (Å²) in [6.45, 7) is 11.1. The molecule has 2 rings (SSSR count). The number of aryl methyl sites for hydroxylation is 1. The summed E-state index contributed by atoms with van der Waals surface area (Å²) in [5.74, 6) is 0. The summed E-state index contributed by atoms with van der Waals surface area (Å²) in [5.41, 5.74) is 9.20. The zero-order chi connectivity index (χ0) is 14.0. The number of hydrogen-bond donors (Lipinski definition) is 1. The summed E-state index contributed by atoms with van der Waals surface area (Å²) in [5, 5.41) is 0. The standard InChI is InChI=1S/C15H23N3S/c1-4-17-7-8-18(10-12(17)3)14-6-5-13(15(16)19)9-11(14)2/h5-6,9,12H,4,7-8,10H2,1-3H3,(H2,16,19). The zero-order valence-electron chi connectivity index (χ0n) is 12.0. The van der Waals surface area contributed by atoms with Crippen LogP contribution in [0.1, 0.15) is 25.0 Å². The molecule has 1 atom stereocenters. The van der Waals surface area contributed by atoms with Gasteiger partial charge in [-0.1, -0.05) is 19.1 Å². The molecular formula is C15H23N3S. The number of rotatable bonds is 3. The van der Waals surface area contributed by atoms with Crippen LogP contribution in [0.4, 0.5) is 5.69 Å². The van der Waals surface area contributed by atoms with E-state index in [1.165, 1.54) is 11.3 Å². The van der Waals surface area contributed by atoms with E-state index in [9.17, 15) is 0 Å². The molecule has 0 aliphatic carbocycles. The number of likely N-dealkylation sites (N-methyl/N-ethyl adjacent to an activating group) is 1. The summed E-state index contributed by atoms with van der Waals surface area (Å²) in [7, 11) is 0. The van der Waals surface area contributed by atoms with Crippen LogP contribution in [0.25, 0.3) is 0 Å². The van der Waals surface area contributed by atoms with Gasteiger partial charge >= 0.3 is 0 Å². The minimum Gasteiger partial charge on any atom is -0.389 e. The Morgan fingerprint density at radius 3 is 2.68 bits per heavy atom. The lowest BCUT2D eigenvalue weighted by Crippen LogP contribution is -2.51. The Morgan fingerprint density at radius 2 is 2.16 bits per heavy atom. The van der Waals surface area contributed by atoms with Crippen LogP contribution in [0.15, 0.2) is 18.2 Å². The van der Waals surface area contributed by atoms with Crippen molar-refractivity contribution in [3.8, 4) is 0 Å². The predicted octanol–water partition coefficient (Wildman–Crippen LogP) is 2.16. The molecule has 19 heavy (non-hydrogen) atoms. The lowest BCUT2D eigenvalue weighted by atomic mass is 10.1. The molecule has 3 nitrogen and oxygen atoms in total. The van der Waals surface area contributed by atoms with E-state index in [0.29, 0.717) is 11.0 Å². The number of nitrogens with zero attached hydrogens (tertiary/aromatic N) is 2. The number of hydrogen-bond acceptors (Lipinski definition) is 3. The van der Waals surface area contributed by atoms with Crippen molar-refractivity contribution < 1.29 is 0 Å². The highest BCUT2D eigenvalue weighted by Gasteiger charge is 2.23. The molecule has 1 fully saturated rings. The van der Waals surface area contributed by atoms with Gasteiger partial charge in [-0.05, 0) is 44.2 Å². The van der Waals surface area contributed by atoms with Gasteiger partial charge in [0.15, 0.2) is 0 Å². The fraction of sp³-hybridized carbons (Fsp3) is 0.533. The van der Waals surface area contributed by atoms with Crippen molar-refractivity contribution in [1.82, 2.24) is 4.90 Å². The van der Waals surface area contributed by atoms with Gasteiger partial charge in [0.1, 0.15) is 4.99 Å². The monoisotopic (exact) mass is 277 g/mol. The lowest BCUT2D eigenvalue weighted by molar-refractivity contribution is 0.199. The van der Waals surface area contributed by atoms with E-state index >= 15 is 0 Å². The van der Waals surface area contributed by atoms with Gasteiger partial charge in [-0.3, -0.25) is 4.90 Å². The van der Waals surface area contributed by atoms with Crippen molar-refractivity contribution in [1.29, 1.82) is 0 Å². The highest BCUT2D eigenvalue weighted by Crippen LogP contribution is 2.24. The molecule has 1 aliphatic heterocycles. The van der Waals surface area contributed by atoms with E-state index in [1.54, 1.807) is 0 Å². The third-order valence-corrected chi connectivity index (χ3v) is 4.23. The minimum absolute atomic E-state index is 0.471. The smallest absolute Gasteiger partial charge is 0.103 e. The van der Waals surface area contributed by atoms with Gasteiger partial charge in [0.2, 0.25) is 0 Å². The van der Waals surface area contributed by atoms with Crippen molar-refractivity contribution >= 4 is 22.9 Å². The van der Waals surface area contributed by atoms with Crippen molar-refractivity contribution in [2.24, 2.45) is 5.73 Å². The highest BCUT2D eigenvalue weighted by atomic mass is 32.1. The molecule has 0 spiro atoms. The summed E-state index contributed by atoms with van der Waals surface area (Å²) >= 11 is 5.03. The van der Waals surface area contributed by atoms with Crippen LogP contribution in [-0.2, 0) is 0 Å². The summed E-state index contributed by atoms with van der Waals surface area (Å²) < 4.78 is 0. The second-order valence-electron chi connectivity index (χ2n) is 5.29. The SMILES string of the molecule is CCN1CCN(c2ccc(C(N)=S)cc2C)CC1C. The van der Waals surface area contributed by atoms with Crippen LogP contribution in [0.2, 0.25) is 0 Å². The first-order valence-corrected chi connectivity index (χ1v) is 7.33. The van der Waals surface area contributed by atoms with E-state index < -0.39 is 0 Å². The van der Waals surface area contributed by atoms with E-state index in [1.807, 2.05) is 6.07 Å². The topological polar surface area (TPSA) is 32.5 Å². The van der Waals surface area contributed by atoms with Crippen molar-refractivity contribution in [3.63, 3.8) is 0 Å². The Morgan fingerprint density at radius 1 is 1.42 bits per heavy atom. The molecule has 0 aromatic heterocycles. The summed E-state index contributed by atoms with van der Waals surface area (Å²) in [4.78, 5) is 5.46. The average Bonchev–Trinajstić information content (AvgIpc) is 2.38. The molecule has 1 aromatic carbocycles. The van der Waals surface area contributed by atoms with Gasteiger partial charge < -0.3 is 10.6 Å². The van der Waals surface area contributed by atoms with E-state index in [4.69, 9.17) is 18.0 Å². The predicted molar refractivity (Wildman–Crippen MR) is 86.0 cm³/mol. The Balaban J connectivity index is 2.17. The van der Waals surface area contributed by atoms with Crippen molar-refractivity contribution in [2.75, 3.05) is 31.1 Å². The number of thiocarbonyl (C=S) groups is 1. The molecular weight excluding hydrogens is 254 g/mol. The van der Waals surface area contributed by atoms with Crippen LogP contribution in [-0.4, -0.2) is 42.1 Å². The van der Waals surface area contributed by atoms with Crippen molar-refractivity contribution in [2.45, 2.75) is 26.8 Å². The minimum atomic E-state index is 0.471. The maximum atomic E-state index is 5.68. The number of benzene rings is 1. The molecule has 2 N–H and O–H groups in total. The van der Waals surface area contributed by atoms with Gasteiger partial charge in [0, 0.05) is 36.9 Å². The zero-order valence-corrected chi connectivity index (χ0v) is 12.8. The lowest BCUT2D eigenvalue weighted by Gasteiger charge is -2.41. The molecule has 0 radical (unpaired) electrons. The Kier molecular flexibility index (Phi) is 4.42. The third kappa shape index (κ3) is 3.07. The number of nitrogens with two attached hydrogens (primary N) is 1. The second kappa shape index (κ2) is 5.88. The van der Waals surface area contributed by atoms with Gasteiger partial charge in [0.05, 0.1) is 0 Å². The van der Waals surface area contributed by atoms with Crippen LogP contribution in [0.5, 0.6) is 0 Å². The summed E-state index contributed by atoms with van der Waals surface area (Å²) in [6.07, 6.45) is 0. The summed E-state index contributed by atoms with van der Waals surface area (Å²) in [6, 6.07) is 6.88. The average molecular weight is 277 g/mol. The first kappa shape index (κ1) is 14.3. The molecule has 4 heteroatoms. The fourth-order valence-corrected chi connectivity index (χ4v) is 2.97. The number of anilines is 1. The Hall–Kier alpha value is -1.13. The maximum absolute atomic E-state index is 5.68. The second-order valence-corrected chi connectivity index (χ2v) is 5.73. The molecule has 1 heterocycles. The largest absolute Gasteiger partial charge is 0.389 e. The van der Waals surface area contributed by atoms with E-state index in [2.05, 4.69) is 42.7 Å². The van der Waals surface area contributed by atoms with Gasteiger partial charge in [0.25, 0.3) is 0 Å². The van der Waals surface area contributed by atoms with Crippen LogP contribution >= 0.6 is 12.2 Å². The normalized spacial score (nSPS) is 20.6. The maximum Gasteiger partial charge on any atom is 0.103 e. The number of piperazine rings is 1. The highest BCUT2D eigenvalue weighted by molar-refractivity contribution is 7.80. The Bertz CT molecular complexity index is 472. The van der Waals surface area contributed by atoms with Crippen LogP contribution in [0.3, 0.4) is 0 Å². The molecule has 0 amide bonds. The quantitative estimate of drug-likeness (QED) is 0.858. The van der Waals surface area contributed by atoms with E-state index in [0.717, 1.165) is 31.7 Å². The molecule has 104 valence electrons. The molecule has 1 saturated heterocycles. The van der Waals surface area contributed by atoms with Crippen LogP contribution in [0, 0.1) is 6.92 Å². The molecule has 1 aliphatic rings. The van der Waals surface area contributed by atoms with Gasteiger partial charge in [-0.25, -0.2) is 0 Å².